The van der Waals surface area contributed by atoms with E-state index < -0.39 is 28.5 Å². The first-order valence-corrected chi connectivity index (χ1v) is 6.16. The number of carboxylic acid groups (broad SMARTS) is 1. The van der Waals surface area contributed by atoms with Crippen molar-refractivity contribution in [3.63, 3.8) is 0 Å². The fourth-order valence-electron chi connectivity index (χ4n) is 1.17. The second kappa shape index (κ2) is 5.19. The molecular formula is C9H11NO7S. The first-order valence-electron chi connectivity index (χ1n) is 4.68. The molecule has 2 N–H and O–H groups in total. The molecule has 0 unspecified atom stereocenters. The third-order valence-corrected chi connectivity index (χ3v) is 3.47. The van der Waals surface area contributed by atoms with Crippen LogP contribution in [0.15, 0.2) is 15.4 Å². The van der Waals surface area contributed by atoms with Gasteiger partial charge in [-0.15, -0.1) is 0 Å². The Hall–Kier alpha value is -1.87. The summed E-state index contributed by atoms with van der Waals surface area (Å²) in [6.07, 6.45) is 0. The van der Waals surface area contributed by atoms with Crippen LogP contribution in [0.25, 0.3) is 0 Å². The zero-order chi connectivity index (χ0) is 13.9. The lowest BCUT2D eigenvalue weighted by Gasteiger charge is -2.01. The van der Waals surface area contributed by atoms with Crippen molar-refractivity contribution in [1.82, 2.24) is 4.72 Å². The van der Waals surface area contributed by atoms with E-state index in [9.17, 15) is 18.0 Å². The number of hydrogen-bond donors (Lipinski definition) is 2. The summed E-state index contributed by atoms with van der Waals surface area (Å²) in [5.41, 5.74) is 0. The number of esters is 1. The zero-order valence-electron chi connectivity index (χ0n) is 9.59. The number of aliphatic carboxylic acids is 1. The van der Waals surface area contributed by atoms with Crippen molar-refractivity contribution < 1.29 is 32.3 Å². The molecule has 0 aliphatic rings. The molecule has 0 saturated heterocycles. The lowest BCUT2D eigenvalue weighted by molar-refractivity contribution is -0.135. The number of methoxy groups -OCH3 is 1. The lowest BCUT2D eigenvalue weighted by Crippen LogP contribution is -2.29. The summed E-state index contributed by atoms with van der Waals surface area (Å²) >= 11 is 0. The fourth-order valence-corrected chi connectivity index (χ4v) is 2.32. The van der Waals surface area contributed by atoms with Crippen LogP contribution in [-0.2, 0) is 19.6 Å². The van der Waals surface area contributed by atoms with Gasteiger partial charge in [0.1, 0.15) is 17.2 Å². The van der Waals surface area contributed by atoms with Crippen molar-refractivity contribution in [2.45, 2.75) is 11.8 Å². The monoisotopic (exact) mass is 277 g/mol. The van der Waals surface area contributed by atoms with Gasteiger partial charge in [-0.25, -0.2) is 13.2 Å². The molecule has 18 heavy (non-hydrogen) atoms. The number of carboxylic acids is 1. The van der Waals surface area contributed by atoms with E-state index in [2.05, 4.69) is 4.74 Å². The van der Waals surface area contributed by atoms with Crippen LogP contribution in [0, 0.1) is 6.92 Å². The lowest BCUT2D eigenvalue weighted by atomic mass is 10.4. The molecule has 0 atom stereocenters. The topological polar surface area (TPSA) is 123 Å². The van der Waals surface area contributed by atoms with E-state index in [0.717, 1.165) is 13.2 Å². The van der Waals surface area contributed by atoms with Gasteiger partial charge in [-0.3, -0.25) is 4.79 Å². The number of furan rings is 1. The van der Waals surface area contributed by atoms with Crippen LogP contribution < -0.4 is 4.72 Å². The van der Waals surface area contributed by atoms with Crippen LogP contribution in [0.2, 0.25) is 0 Å². The highest BCUT2D eigenvalue weighted by atomic mass is 32.2. The molecule has 1 aromatic rings. The van der Waals surface area contributed by atoms with Crippen LogP contribution in [0.3, 0.4) is 0 Å². The molecule has 0 saturated carbocycles. The average molecular weight is 277 g/mol. The number of hydrogen-bond acceptors (Lipinski definition) is 6. The van der Waals surface area contributed by atoms with Gasteiger partial charge in [-0.2, -0.15) is 4.72 Å². The fraction of sp³-hybridized carbons (Fsp3) is 0.333. The number of carbonyl (C=O) groups is 2. The minimum absolute atomic E-state index is 0.0340. The molecule has 0 amide bonds. The molecule has 0 fully saturated rings. The van der Waals surface area contributed by atoms with E-state index in [1.807, 2.05) is 4.72 Å². The van der Waals surface area contributed by atoms with Gasteiger partial charge in [0, 0.05) is 6.07 Å². The summed E-state index contributed by atoms with van der Waals surface area (Å²) in [5, 5.41) is 8.40. The highest BCUT2D eigenvalue weighted by molar-refractivity contribution is 7.89. The van der Waals surface area contributed by atoms with Crippen molar-refractivity contribution in [2.24, 2.45) is 0 Å². The van der Waals surface area contributed by atoms with Gasteiger partial charge in [-0.05, 0) is 6.92 Å². The number of aryl methyl sites for hydroxylation is 1. The minimum atomic E-state index is -4.04. The standard InChI is InChI=1S/C9H11NO7S/c1-5-7(3-6(17-5)9(13)16-2)18(14,15)10-4-8(11)12/h3,10H,4H2,1-2H3,(H,11,12). The van der Waals surface area contributed by atoms with Crippen molar-refractivity contribution in [3.8, 4) is 0 Å². The summed E-state index contributed by atoms with van der Waals surface area (Å²) in [6, 6.07) is 0.978. The van der Waals surface area contributed by atoms with Crippen LogP contribution in [0.1, 0.15) is 16.3 Å². The number of sulfonamides is 1. The van der Waals surface area contributed by atoms with Gasteiger partial charge in [0.2, 0.25) is 15.8 Å². The van der Waals surface area contributed by atoms with E-state index in [0.29, 0.717) is 0 Å². The molecule has 9 heteroatoms. The molecule has 0 aliphatic carbocycles. The molecule has 0 radical (unpaired) electrons. The summed E-state index contributed by atoms with van der Waals surface area (Å²) in [5.74, 6) is -2.45. The number of nitrogens with one attached hydrogen (secondary N) is 1. The maximum Gasteiger partial charge on any atom is 0.373 e. The molecule has 0 bridgehead atoms. The molecule has 100 valence electrons. The predicted octanol–water partition coefficient (Wildman–Crippen LogP) is -0.262. The van der Waals surface area contributed by atoms with E-state index >= 15 is 0 Å². The SMILES string of the molecule is COC(=O)c1cc(S(=O)(=O)NCC(=O)O)c(C)o1. The zero-order valence-corrected chi connectivity index (χ0v) is 10.4. The van der Waals surface area contributed by atoms with E-state index in [1.54, 1.807) is 0 Å². The largest absolute Gasteiger partial charge is 0.480 e. The van der Waals surface area contributed by atoms with Gasteiger partial charge in [0.05, 0.1) is 7.11 Å². The molecule has 0 spiro atoms. The maximum atomic E-state index is 11.7. The Bertz CT molecular complexity index is 572. The summed E-state index contributed by atoms with van der Waals surface area (Å²) in [6.45, 7) is 0.572. The highest BCUT2D eigenvalue weighted by Crippen LogP contribution is 2.20. The van der Waals surface area contributed by atoms with Crippen LogP contribution in [0.4, 0.5) is 0 Å². The molecule has 0 aromatic carbocycles. The second-order valence-corrected chi connectivity index (χ2v) is 4.98. The van der Waals surface area contributed by atoms with Crippen LogP contribution in [0.5, 0.6) is 0 Å². The van der Waals surface area contributed by atoms with E-state index in [1.165, 1.54) is 6.92 Å². The Morgan fingerprint density at radius 1 is 1.50 bits per heavy atom. The van der Waals surface area contributed by atoms with Gasteiger partial charge in [0.25, 0.3) is 0 Å². The maximum absolute atomic E-state index is 11.7. The first kappa shape index (κ1) is 14.2. The van der Waals surface area contributed by atoms with E-state index in [4.69, 9.17) is 9.52 Å². The number of carbonyl (C=O) groups excluding carboxylic acids is 1. The molecule has 0 aliphatic heterocycles. The molecule has 1 heterocycles. The quantitative estimate of drug-likeness (QED) is 0.710. The molecule has 1 rings (SSSR count). The van der Waals surface area contributed by atoms with E-state index in [-0.39, 0.29) is 16.4 Å². The molecular weight excluding hydrogens is 266 g/mol. The number of rotatable bonds is 5. The van der Waals surface area contributed by atoms with Gasteiger partial charge in [0.15, 0.2) is 0 Å². The van der Waals surface area contributed by atoms with Crippen molar-refractivity contribution in [1.29, 1.82) is 0 Å². The van der Waals surface area contributed by atoms with Crippen molar-refractivity contribution in [2.75, 3.05) is 13.7 Å². The van der Waals surface area contributed by atoms with Gasteiger partial charge in [-0.1, -0.05) is 0 Å². The first-order chi connectivity index (χ1) is 8.27. The third kappa shape index (κ3) is 3.08. The summed E-state index contributed by atoms with van der Waals surface area (Å²) < 4.78 is 34.5. The highest BCUT2D eigenvalue weighted by Gasteiger charge is 2.24. The Morgan fingerprint density at radius 3 is 2.61 bits per heavy atom. The molecule has 1 aromatic heterocycles. The smallest absolute Gasteiger partial charge is 0.373 e. The average Bonchev–Trinajstić information content (AvgIpc) is 2.68. The predicted molar refractivity (Wildman–Crippen MR) is 57.6 cm³/mol. The number of ether oxygens (including phenoxy) is 1. The normalized spacial score (nSPS) is 11.2. The Morgan fingerprint density at radius 2 is 2.11 bits per heavy atom. The third-order valence-electron chi connectivity index (χ3n) is 1.96. The van der Waals surface area contributed by atoms with Crippen LogP contribution >= 0.6 is 0 Å². The molecule has 8 nitrogen and oxygen atoms in total. The Kier molecular flexibility index (Phi) is 4.09. The minimum Gasteiger partial charge on any atom is -0.480 e. The van der Waals surface area contributed by atoms with Crippen molar-refractivity contribution >= 4 is 22.0 Å². The summed E-state index contributed by atoms with van der Waals surface area (Å²) in [4.78, 5) is 21.1. The Labute approximate surface area is 103 Å². The van der Waals surface area contributed by atoms with Gasteiger partial charge >= 0.3 is 11.9 Å². The Balaban J connectivity index is 3.06. The second-order valence-electron chi connectivity index (χ2n) is 3.24. The van der Waals surface area contributed by atoms with Crippen LogP contribution in [-0.4, -0.2) is 39.1 Å². The summed E-state index contributed by atoms with van der Waals surface area (Å²) in [7, 11) is -2.92. The van der Waals surface area contributed by atoms with Gasteiger partial charge < -0.3 is 14.3 Å². The van der Waals surface area contributed by atoms with Crippen molar-refractivity contribution in [3.05, 3.63) is 17.6 Å².